The molecule has 7 nitrogen and oxygen atoms in total. The normalized spacial score (nSPS) is 27.4. The van der Waals surface area contributed by atoms with Crippen LogP contribution in [0, 0.1) is 5.92 Å². The molecule has 0 radical (unpaired) electrons. The molecular formula is C19H22N4O3S. The smallest absolute Gasteiger partial charge is 0.249 e. The Morgan fingerprint density at radius 2 is 1.93 bits per heavy atom. The van der Waals surface area contributed by atoms with Gasteiger partial charge in [-0.1, -0.05) is 6.07 Å². The summed E-state index contributed by atoms with van der Waals surface area (Å²) in [4.78, 5) is 11.0. The Morgan fingerprint density at radius 3 is 2.70 bits per heavy atom. The van der Waals surface area contributed by atoms with E-state index in [0.29, 0.717) is 6.54 Å². The van der Waals surface area contributed by atoms with Crippen LogP contribution in [-0.2, 0) is 16.6 Å². The van der Waals surface area contributed by atoms with Crippen LogP contribution < -0.4 is 4.74 Å². The summed E-state index contributed by atoms with van der Waals surface area (Å²) in [6.45, 7) is 2.66. The van der Waals surface area contributed by atoms with Crippen LogP contribution >= 0.6 is 0 Å². The first-order chi connectivity index (χ1) is 13.1. The van der Waals surface area contributed by atoms with E-state index in [2.05, 4.69) is 14.9 Å². The molecule has 0 spiro atoms. The van der Waals surface area contributed by atoms with E-state index < -0.39 is 10.0 Å². The SMILES string of the molecule is O=S1(=O)c2cccnc2OC2CN(CC3CC3)CC2N1Cc1ccccn1. The molecular weight excluding hydrogens is 364 g/mol. The topological polar surface area (TPSA) is 75.6 Å². The van der Waals surface area contributed by atoms with Gasteiger partial charge in [-0.25, -0.2) is 13.4 Å². The maximum Gasteiger partial charge on any atom is 0.249 e. The van der Waals surface area contributed by atoms with Gasteiger partial charge in [-0.3, -0.25) is 9.88 Å². The molecule has 0 aromatic carbocycles. The average molecular weight is 386 g/mol. The highest BCUT2D eigenvalue weighted by Gasteiger charge is 2.48. The molecule has 0 amide bonds. The van der Waals surface area contributed by atoms with Crippen LogP contribution in [-0.4, -0.2) is 59.4 Å². The van der Waals surface area contributed by atoms with E-state index in [1.165, 1.54) is 12.8 Å². The molecule has 27 heavy (non-hydrogen) atoms. The molecule has 1 saturated carbocycles. The number of pyridine rings is 2. The third kappa shape index (κ3) is 3.22. The number of likely N-dealkylation sites (tertiary alicyclic amines) is 1. The second-order valence-corrected chi connectivity index (χ2v) is 9.42. The predicted molar refractivity (Wildman–Crippen MR) is 98.6 cm³/mol. The third-order valence-electron chi connectivity index (χ3n) is 5.53. The van der Waals surface area contributed by atoms with E-state index in [1.807, 2.05) is 18.2 Å². The highest BCUT2D eigenvalue weighted by Crippen LogP contribution is 2.37. The van der Waals surface area contributed by atoms with Gasteiger partial charge in [0.1, 0.15) is 11.0 Å². The Labute approximate surface area is 159 Å². The number of nitrogens with zero attached hydrogens (tertiary/aromatic N) is 4. The largest absolute Gasteiger partial charge is 0.470 e. The van der Waals surface area contributed by atoms with Gasteiger partial charge in [-0.05, 0) is 43.0 Å². The third-order valence-corrected chi connectivity index (χ3v) is 7.41. The zero-order valence-electron chi connectivity index (χ0n) is 14.9. The maximum absolute atomic E-state index is 13.5. The van der Waals surface area contributed by atoms with E-state index in [9.17, 15) is 8.42 Å². The molecule has 142 valence electrons. The predicted octanol–water partition coefficient (Wildman–Crippen LogP) is 1.52. The van der Waals surface area contributed by atoms with Crippen LogP contribution in [0.4, 0.5) is 0 Å². The number of rotatable bonds is 4. The average Bonchev–Trinajstić information content (AvgIpc) is 3.41. The second kappa shape index (κ2) is 6.54. The van der Waals surface area contributed by atoms with Crippen LogP contribution in [0.2, 0.25) is 0 Å². The van der Waals surface area contributed by atoms with Crippen LogP contribution in [0.3, 0.4) is 0 Å². The van der Waals surface area contributed by atoms with Crippen molar-refractivity contribution in [1.82, 2.24) is 19.2 Å². The van der Waals surface area contributed by atoms with Gasteiger partial charge >= 0.3 is 0 Å². The Hall–Kier alpha value is -2.03. The second-order valence-electron chi connectivity index (χ2n) is 7.56. The number of fused-ring (bicyclic) bond motifs is 2. The molecule has 2 atom stereocenters. The molecule has 5 rings (SSSR count). The van der Waals surface area contributed by atoms with Crippen LogP contribution in [0.25, 0.3) is 0 Å². The summed E-state index contributed by atoms with van der Waals surface area (Å²) in [7, 11) is -3.73. The Kier molecular flexibility index (Phi) is 4.14. The summed E-state index contributed by atoms with van der Waals surface area (Å²) in [6, 6.07) is 8.54. The lowest BCUT2D eigenvalue weighted by Gasteiger charge is -2.27. The first-order valence-electron chi connectivity index (χ1n) is 9.37. The molecule has 2 fully saturated rings. The first-order valence-corrected chi connectivity index (χ1v) is 10.8. The molecule has 1 saturated heterocycles. The molecule has 2 aromatic rings. The standard InChI is InChI=1S/C19H22N4O3S/c24-27(25)18-5-3-9-21-19(18)26-17-13-22(10-14-6-7-14)12-16(17)23(27)11-15-4-1-2-8-20-15/h1-5,8-9,14,16-17H,6-7,10-13H2. The molecule has 0 bridgehead atoms. The summed E-state index contributed by atoms with van der Waals surface area (Å²) >= 11 is 0. The van der Waals surface area contributed by atoms with Gasteiger partial charge < -0.3 is 4.74 Å². The number of ether oxygens (including phenoxy) is 1. The van der Waals surface area contributed by atoms with Crippen LogP contribution in [0.1, 0.15) is 18.5 Å². The van der Waals surface area contributed by atoms with Gasteiger partial charge in [0.2, 0.25) is 15.9 Å². The van der Waals surface area contributed by atoms with Crippen molar-refractivity contribution in [2.24, 2.45) is 5.92 Å². The molecule has 4 heterocycles. The zero-order chi connectivity index (χ0) is 18.4. The van der Waals surface area contributed by atoms with E-state index in [-0.39, 0.29) is 29.5 Å². The highest BCUT2D eigenvalue weighted by molar-refractivity contribution is 7.89. The molecule has 1 aliphatic carbocycles. The lowest BCUT2D eigenvalue weighted by Crippen LogP contribution is -2.46. The first kappa shape index (κ1) is 17.1. The Morgan fingerprint density at radius 1 is 1.07 bits per heavy atom. The van der Waals surface area contributed by atoms with Crippen molar-refractivity contribution in [2.75, 3.05) is 19.6 Å². The maximum atomic E-state index is 13.5. The molecule has 2 aromatic heterocycles. The van der Waals surface area contributed by atoms with E-state index in [1.54, 1.807) is 28.8 Å². The quantitative estimate of drug-likeness (QED) is 0.793. The Balaban J connectivity index is 1.53. The number of aromatic nitrogens is 2. The van der Waals surface area contributed by atoms with E-state index in [0.717, 1.165) is 24.7 Å². The van der Waals surface area contributed by atoms with E-state index >= 15 is 0 Å². The summed E-state index contributed by atoms with van der Waals surface area (Å²) in [6.07, 6.45) is 5.59. The minimum atomic E-state index is -3.73. The summed E-state index contributed by atoms with van der Waals surface area (Å²) in [5.41, 5.74) is 0.729. The number of sulfonamides is 1. The molecule has 3 aliphatic rings. The number of hydrogen-bond acceptors (Lipinski definition) is 6. The van der Waals surface area contributed by atoms with E-state index in [4.69, 9.17) is 4.74 Å². The van der Waals surface area contributed by atoms with Crippen molar-refractivity contribution < 1.29 is 13.2 Å². The lowest BCUT2D eigenvalue weighted by atomic mass is 10.2. The minimum Gasteiger partial charge on any atom is -0.470 e. The molecule has 2 unspecified atom stereocenters. The summed E-state index contributed by atoms with van der Waals surface area (Å²) < 4.78 is 34.6. The van der Waals surface area contributed by atoms with Gasteiger partial charge in [0, 0.05) is 32.0 Å². The number of hydrogen-bond donors (Lipinski definition) is 0. The molecule has 0 N–H and O–H groups in total. The van der Waals surface area contributed by atoms with Gasteiger partial charge in [0.15, 0.2) is 0 Å². The fourth-order valence-electron chi connectivity index (χ4n) is 4.00. The van der Waals surface area contributed by atoms with Crippen molar-refractivity contribution >= 4 is 10.0 Å². The minimum absolute atomic E-state index is 0.143. The van der Waals surface area contributed by atoms with Crippen molar-refractivity contribution in [2.45, 2.75) is 36.4 Å². The highest BCUT2D eigenvalue weighted by atomic mass is 32.2. The summed E-state index contributed by atoms with van der Waals surface area (Å²) in [5.74, 6) is 0.961. The van der Waals surface area contributed by atoms with Crippen molar-refractivity contribution in [1.29, 1.82) is 0 Å². The van der Waals surface area contributed by atoms with Gasteiger partial charge in [-0.2, -0.15) is 4.31 Å². The summed E-state index contributed by atoms with van der Waals surface area (Å²) in [5, 5.41) is 0. The molecule has 8 heteroatoms. The van der Waals surface area contributed by atoms with Gasteiger partial charge in [0.25, 0.3) is 0 Å². The monoisotopic (exact) mass is 386 g/mol. The van der Waals surface area contributed by atoms with Gasteiger partial charge in [0.05, 0.1) is 18.3 Å². The zero-order valence-corrected chi connectivity index (χ0v) is 15.8. The lowest BCUT2D eigenvalue weighted by molar-refractivity contribution is 0.143. The fraction of sp³-hybridized carbons (Fsp3) is 0.474. The van der Waals surface area contributed by atoms with Crippen molar-refractivity contribution in [3.63, 3.8) is 0 Å². The Bertz CT molecular complexity index is 933. The van der Waals surface area contributed by atoms with Crippen LogP contribution in [0.15, 0.2) is 47.6 Å². The van der Waals surface area contributed by atoms with Crippen molar-refractivity contribution in [3.8, 4) is 5.88 Å². The van der Waals surface area contributed by atoms with Crippen LogP contribution in [0.5, 0.6) is 5.88 Å². The van der Waals surface area contributed by atoms with Crippen molar-refractivity contribution in [3.05, 3.63) is 48.4 Å². The molecule has 2 aliphatic heterocycles. The van der Waals surface area contributed by atoms with Gasteiger partial charge in [-0.15, -0.1) is 0 Å². The fourth-order valence-corrected chi connectivity index (χ4v) is 5.69.